The fraction of sp³-hybridized carbons (Fsp3) is 0.304. The van der Waals surface area contributed by atoms with Gasteiger partial charge in [-0.3, -0.25) is 0 Å². The molecule has 0 fully saturated rings. The highest BCUT2D eigenvalue weighted by Crippen LogP contribution is 2.39. The van der Waals surface area contributed by atoms with Crippen molar-refractivity contribution in [3.05, 3.63) is 69.3 Å². The molecule has 1 atom stereocenters. The molecule has 2 aromatic rings. The van der Waals surface area contributed by atoms with E-state index < -0.39 is 12.0 Å². The molecule has 31 heavy (non-hydrogen) atoms. The first kappa shape index (κ1) is 23.2. The van der Waals surface area contributed by atoms with E-state index in [-0.39, 0.29) is 6.61 Å². The predicted octanol–water partition coefficient (Wildman–Crippen LogP) is 5.24. The summed E-state index contributed by atoms with van der Waals surface area (Å²) in [6.45, 7) is 3.94. The van der Waals surface area contributed by atoms with Crippen molar-refractivity contribution in [1.82, 2.24) is 5.32 Å². The van der Waals surface area contributed by atoms with E-state index in [1.807, 2.05) is 31.2 Å². The van der Waals surface area contributed by atoms with Crippen LogP contribution in [0.25, 0.3) is 0 Å². The number of ether oxygens (including phenoxy) is 3. The first-order valence-corrected chi connectivity index (χ1v) is 11.6. The molecule has 0 amide bonds. The van der Waals surface area contributed by atoms with Gasteiger partial charge in [-0.1, -0.05) is 39.8 Å². The summed E-state index contributed by atoms with van der Waals surface area (Å²) < 4.78 is 17.3. The number of hydrogen-bond acceptors (Lipinski definition) is 7. The van der Waals surface area contributed by atoms with Gasteiger partial charge in [-0.05, 0) is 43.7 Å². The van der Waals surface area contributed by atoms with Crippen LogP contribution in [0.2, 0.25) is 0 Å². The van der Waals surface area contributed by atoms with Crippen molar-refractivity contribution in [3.8, 4) is 11.5 Å². The molecule has 0 saturated heterocycles. The zero-order valence-electron chi connectivity index (χ0n) is 17.9. The first-order valence-electron chi connectivity index (χ1n) is 9.78. The van der Waals surface area contributed by atoms with Gasteiger partial charge in [0.05, 0.1) is 26.4 Å². The number of methoxy groups -OCH3 is 2. The van der Waals surface area contributed by atoms with E-state index in [1.165, 1.54) is 5.56 Å². The number of nitrogens with zero attached hydrogens (tertiary/aromatic N) is 1. The van der Waals surface area contributed by atoms with Crippen molar-refractivity contribution < 1.29 is 19.0 Å². The molecule has 0 unspecified atom stereocenters. The smallest absolute Gasteiger partial charge is 0.338 e. The number of aliphatic imine (C=N–C) groups is 1. The number of halogens is 1. The minimum Gasteiger partial charge on any atom is -0.497 e. The average Bonchev–Trinajstić information content (AvgIpc) is 2.77. The zero-order valence-corrected chi connectivity index (χ0v) is 20.3. The normalized spacial score (nSPS) is 15.8. The lowest BCUT2D eigenvalue weighted by atomic mass is 9.95. The van der Waals surface area contributed by atoms with Crippen LogP contribution in [0.1, 0.15) is 31.0 Å². The van der Waals surface area contributed by atoms with Crippen LogP contribution in [-0.2, 0) is 15.3 Å². The van der Waals surface area contributed by atoms with Gasteiger partial charge in [-0.15, -0.1) is 0 Å². The molecule has 3 rings (SSSR count). The summed E-state index contributed by atoms with van der Waals surface area (Å²) in [5, 5.41) is 4.00. The number of rotatable bonds is 7. The number of hydrogen-bond donors (Lipinski definition) is 1. The highest BCUT2D eigenvalue weighted by atomic mass is 79.9. The number of amidine groups is 1. The average molecular weight is 505 g/mol. The van der Waals surface area contributed by atoms with Crippen molar-refractivity contribution in [1.29, 1.82) is 0 Å². The minimum absolute atomic E-state index is 0.289. The highest BCUT2D eigenvalue weighted by molar-refractivity contribution is 9.10. The quantitative estimate of drug-likeness (QED) is 0.520. The summed E-state index contributed by atoms with van der Waals surface area (Å²) in [7, 11) is 3.19. The zero-order chi connectivity index (χ0) is 22.4. The summed E-state index contributed by atoms with van der Waals surface area (Å²) >= 11 is 5.04. The fourth-order valence-electron chi connectivity index (χ4n) is 3.20. The number of esters is 1. The molecule has 1 aliphatic heterocycles. The molecule has 1 N–H and O–H groups in total. The van der Waals surface area contributed by atoms with Gasteiger partial charge in [0.25, 0.3) is 0 Å². The Morgan fingerprint density at radius 2 is 1.90 bits per heavy atom. The van der Waals surface area contributed by atoms with Crippen LogP contribution in [0.5, 0.6) is 11.5 Å². The number of carbonyl (C=O) groups is 1. The first-order chi connectivity index (χ1) is 15.0. The third kappa shape index (κ3) is 5.62. The molecule has 1 aliphatic rings. The minimum atomic E-state index is -0.548. The number of thioether (sulfide) groups is 1. The van der Waals surface area contributed by atoms with Crippen molar-refractivity contribution in [2.24, 2.45) is 4.99 Å². The van der Waals surface area contributed by atoms with E-state index in [1.54, 1.807) is 39.0 Å². The van der Waals surface area contributed by atoms with Crippen molar-refractivity contribution in [3.63, 3.8) is 0 Å². The molecule has 0 aromatic heterocycles. The molecule has 8 heteroatoms. The topological polar surface area (TPSA) is 69.2 Å². The molecule has 6 nitrogen and oxygen atoms in total. The molecule has 1 heterocycles. The van der Waals surface area contributed by atoms with Crippen LogP contribution in [0.3, 0.4) is 0 Å². The number of allylic oxidation sites excluding steroid dienone is 1. The van der Waals surface area contributed by atoms with E-state index in [4.69, 9.17) is 19.2 Å². The monoisotopic (exact) mass is 504 g/mol. The van der Waals surface area contributed by atoms with Crippen LogP contribution in [0, 0.1) is 0 Å². The van der Waals surface area contributed by atoms with Crippen molar-refractivity contribution in [2.45, 2.75) is 25.6 Å². The lowest BCUT2D eigenvalue weighted by molar-refractivity contribution is -0.138. The van der Waals surface area contributed by atoms with Gasteiger partial charge in [-0.25, -0.2) is 9.79 Å². The van der Waals surface area contributed by atoms with Gasteiger partial charge in [0.15, 0.2) is 5.17 Å². The van der Waals surface area contributed by atoms with E-state index >= 15 is 0 Å². The maximum Gasteiger partial charge on any atom is 0.338 e. The maximum atomic E-state index is 12.8. The lowest BCUT2D eigenvalue weighted by Crippen LogP contribution is -2.30. The molecule has 2 aromatic carbocycles. The summed E-state index contributed by atoms with van der Waals surface area (Å²) in [6, 6.07) is 13.1. The van der Waals surface area contributed by atoms with Gasteiger partial charge < -0.3 is 19.5 Å². The Bertz CT molecular complexity index is 1010. The van der Waals surface area contributed by atoms with Gasteiger partial charge in [0.1, 0.15) is 17.5 Å². The Hall–Kier alpha value is -2.45. The lowest BCUT2D eigenvalue weighted by Gasteiger charge is -2.27. The molecule has 0 spiro atoms. The Kier molecular flexibility index (Phi) is 8.03. The van der Waals surface area contributed by atoms with E-state index in [0.717, 1.165) is 26.7 Å². The molecular formula is C23H25BrN2O4S. The summed E-state index contributed by atoms with van der Waals surface area (Å²) in [5.41, 5.74) is 3.14. The Morgan fingerprint density at radius 1 is 1.16 bits per heavy atom. The summed E-state index contributed by atoms with van der Waals surface area (Å²) in [4.78, 5) is 17.6. The second-order valence-electron chi connectivity index (χ2n) is 6.74. The largest absolute Gasteiger partial charge is 0.497 e. The summed E-state index contributed by atoms with van der Waals surface area (Å²) in [6.07, 6.45) is 0. The van der Waals surface area contributed by atoms with E-state index in [0.29, 0.717) is 17.1 Å². The molecule has 0 bridgehead atoms. The van der Waals surface area contributed by atoms with Crippen LogP contribution in [-0.4, -0.2) is 32.0 Å². The van der Waals surface area contributed by atoms with Crippen LogP contribution in [0.4, 0.5) is 0 Å². The maximum absolute atomic E-state index is 12.8. The van der Waals surface area contributed by atoms with Crippen molar-refractivity contribution in [2.75, 3.05) is 20.8 Å². The Morgan fingerprint density at radius 3 is 2.55 bits per heavy atom. The number of carbonyl (C=O) groups excluding carboxylic acids is 1. The fourth-order valence-corrected chi connectivity index (χ4v) is 4.36. The second kappa shape index (κ2) is 10.7. The molecule has 0 saturated carbocycles. The van der Waals surface area contributed by atoms with Crippen LogP contribution in [0.15, 0.2) is 63.2 Å². The van der Waals surface area contributed by atoms with Crippen LogP contribution >= 0.6 is 27.7 Å². The standard InChI is InChI=1S/C23H25BrN2O4S/c1-5-30-22(27)20-14(2)25-23(31-13-15-6-8-16(24)9-7-15)26-21(20)18-11-10-17(28-3)12-19(18)29-4/h6-12,21H,5,13H2,1-4H3,(H,25,26)/t21-/m1/s1. The van der Waals surface area contributed by atoms with Crippen molar-refractivity contribution >= 4 is 38.8 Å². The Balaban J connectivity index is 1.95. The predicted molar refractivity (Wildman–Crippen MR) is 128 cm³/mol. The SMILES string of the molecule is CCOC(=O)C1=C(C)NC(SCc2ccc(Br)cc2)=N[C@@H]1c1ccc(OC)cc1OC. The van der Waals surface area contributed by atoms with Gasteiger partial charge in [0.2, 0.25) is 0 Å². The number of nitrogens with one attached hydrogen (secondary N) is 1. The van der Waals surface area contributed by atoms with Crippen LogP contribution < -0.4 is 14.8 Å². The van der Waals surface area contributed by atoms with E-state index in [9.17, 15) is 4.79 Å². The summed E-state index contributed by atoms with van der Waals surface area (Å²) in [5.74, 6) is 1.62. The number of benzene rings is 2. The van der Waals surface area contributed by atoms with E-state index in [2.05, 4.69) is 33.4 Å². The Labute approximate surface area is 195 Å². The van der Waals surface area contributed by atoms with Gasteiger partial charge in [-0.2, -0.15) is 0 Å². The highest BCUT2D eigenvalue weighted by Gasteiger charge is 2.32. The van der Waals surface area contributed by atoms with Gasteiger partial charge in [0, 0.05) is 27.6 Å². The third-order valence-electron chi connectivity index (χ3n) is 4.74. The molecule has 0 radical (unpaired) electrons. The second-order valence-corrected chi connectivity index (χ2v) is 8.62. The molecule has 164 valence electrons. The third-order valence-corrected chi connectivity index (χ3v) is 6.22. The molecule has 0 aliphatic carbocycles. The molecular weight excluding hydrogens is 480 g/mol. The van der Waals surface area contributed by atoms with Gasteiger partial charge >= 0.3 is 5.97 Å².